The van der Waals surface area contributed by atoms with E-state index in [2.05, 4.69) is 15.3 Å². The number of rotatable bonds is 6. The number of carbonyl (C=O) groups excluding carboxylic acids is 1. The average Bonchev–Trinajstić information content (AvgIpc) is 2.38. The molecule has 0 spiro atoms. The second-order valence-corrected chi connectivity index (χ2v) is 4.45. The first-order valence-corrected chi connectivity index (χ1v) is 6.23. The number of aryl methyl sites for hydroxylation is 1. The van der Waals surface area contributed by atoms with E-state index in [1.54, 1.807) is 0 Å². The van der Waals surface area contributed by atoms with E-state index in [4.69, 9.17) is 4.74 Å². The van der Waals surface area contributed by atoms with Crippen LogP contribution < -0.4 is 5.32 Å². The predicted molar refractivity (Wildman–Crippen MR) is 70.4 cm³/mol. The molecule has 1 atom stereocenters. The van der Waals surface area contributed by atoms with Crippen LogP contribution in [0.4, 0.5) is 5.82 Å². The van der Waals surface area contributed by atoms with Crippen molar-refractivity contribution in [3.05, 3.63) is 18.1 Å². The van der Waals surface area contributed by atoms with Crippen molar-refractivity contribution in [1.82, 2.24) is 9.97 Å². The summed E-state index contributed by atoms with van der Waals surface area (Å²) in [6, 6.07) is 1.86. The van der Waals surface area contributed by atoms with Crippen molar-refractivity contribution in [3.8, 4) is 0 Å². The fourth-order valence-electron chi connectivity index (χ4n) is 1.88. The topological polar surface area (TPSA) is 64.1 Å². The van der Waals surface area contributed by atoms with Gasteiger partial charge in [0.25, 0.3) is 0 Å². The second kappa shape index (κ2) is 6.33. The Morgan fingerprint density at radius 1 is 1.44 bits per heavy atom. The van der Waals surface area contributed by atoms with Crippen molar-refractivity contribution in [2.75, 3.05) is 12.4 Å². The van der Waals surface area contributed by atoms with Crippen LogP contribution in [0.5, 0.6) is 0 Å². The van der Waals surface area contributed by atoms with E-state index in [0.29, 0.717) is 12.2 Å². The van der Waals surface area contributed by atoms with Crippen LogP contribution in [0.1, 0.15) is 39.3 Å². The number of aromatic nitrogens is 2. The van der Waals surface area contributed by atoms with Gasteiger partial charge in [-0.1, -0.05) is 20.3 Å². The van der Waals surface area contributed by atoms with Crippen LogP contribution in [0.15, 0.2) is 12.4 Å². The fourth-order valence-corrected chi connectivity index (χ4v) is 1.88. The molecule has 0 fully saturated rings. The monoisotopic (exact) mass is 251 g/mol. The van der Waals surface area contributed by atoms with Crippen LogP contribution in [0.3, 0.4) is 0 Å². The minimum Gasteiger partial charge on any atom is -0.467 e. The summed E-state index contributed by atoms with van der Waals surface area (Å²) in [5, 5.41) is 3.16. The zero-order chi connectivity index (χ0) is 13.6. The largest absolute Gasteiger partial charge is 0.467 e. The molecule has 0 saturated heterocycles. The summed E-state index contributed by atoms with van der Waals surface area (Å²) in [6.07, 6.45) is 3.90. The number of nitrogens with one attached hydrogen (secondary N) is 1. The van der Waals surface area contributed by atoms with Crippen molar-refractivity contribution in [2.45, 2.75) is 45.6 Å². The smallest absolute Gasteiger partial charge is 0.331 e. The second-order valence-electron chi connectivity index (χ2n) is 4.45. The molecule has 100 valence electrons. The molecule has 5 nitrogen and oxygen atoms in total. The van der Waals surface area contributed by atoms with Crippen molar-refractivity contribution < 1.29 is 9.53 Å². The number of ether oxygens (including phenoxy) is 1. The SMILES string of the molecule is CCCC(C)(Nc1cc(CC)ncn1)C(=O)OC. The highest BCUT2D eigenvalue weighted by Crippen LogP contribution is 2.20. The summed E-state index contributed by atoms with van der Waals surface area (Å²) in [4.78, 5) is 20.1. The van der Waals surface area contributed by atoms with Crippen molar-refractivity contribution in [2.24, 2.45) is 0 Å². The predicted octanol–water partition coefficient (Wildman–Crippen LogP) is 2.18. The molecule has 1 aromatic rings. The lowest BCUT2D eigenvalue weighted by molar-refractivity contribution is -0.145. The first-order chi connectivity index (χ1) is 8.55. The molecule has 5 heteroatoms. The van der Waals surface area contributed by atoms with Crippen LogP contribution in [-0.4, -0.2) is 28.6 Å². The van der Waals surface area contributed by atoms with E-state index in [-0.39, 0.29) is 5.97 Å². The maximum Gasteiger partial charge on any atom is 0.331 e. The Morgan fingerprint density at radius 2 is 2.17 bits per heavy atom. The Bertz CT molecular complexity index is 409. The highest BCUT2D eigenvalue weighted by Gasteiger charge is 2.33. The van der Waals surface area contributed by atoms with Crippen molar-refractivity contribution >= 4 is 11.8 Å². The minimum atomic E-state index is -0.747. The number of carbonyl (C=O) groups is 1. The van der Waals surface area contributed by atoms with Gasteiger partial charge in [-0.3, -0.25) is 0 Å². The molecule has 1 aromatic heterocycles. The molecule has 1 N–H and O–H groups in total. The van der Waals surface area contributed by atoms with Crippen LogP contribution >= 0.6 is 0 Å². The highest BCUT2D eigenvalue weighted by molar-refractivity contribution is 5.83. The number of hydrogen-bond acceptors (Lipinski definition) is 5. The molecule has 0 radical (unpaired) electrons. The molecule has 0 bridgehead atoms. The third-order valence-corrected chi connectivity index (χ3v) is 2.88. The Hall–Kier alpha value is -1.65. The van der Waals surface area contributed by atoms with Gasteiger partial charge in [-0.15, -0.1) is 0 Å². The Morgan fingerprint density at radius 3 is 2.72 bits per heavy atom. The van der Waals surface area contributed by atoms with E-state index in [9.17, 15) is 4.79 Å². The zero-order valence-corrected chi connectivity index (χ0v) is 11.5. The van der Waals surface area contributed by atoms with Gasteiger partial charge in [0.15, 0.2) is 0 Å². The number of methoxy groups -OCH3 is 1. The molecule has 0 saturated carbocycles. The summed E-state index contributed by atoms with van der Waals surface area (Å²) < 4.78 is 4.85. The number of nitrogens with zero attached hydrogens (tertiary/aromatic N) is 2. The summed E-state index contributed by atoms with van der Waals surface area (Å²) in [7, 11) is 1.40. The van der Waals surface area contributed by atoms with Gasteiger partial charge in [0.05, 0.1) is 7.11 Å². The summed E-state index contributed by atoms with van der Waals surface area (Å²) in [6.45, 7) is 5.88. The highest BCUT2D eigenvalue weighted by atomic mass is 16.5. The molecule has 1 unspecified atom stereocenters. The number of esters is 1. The summed E-state index contributed by atoms with van der Waals surface area (Å²) in [5.74, 6) is 0.379. The van der Waals surface area contributed by atoms with Gasteiger partial charge in [0.1, 0.15) is 17.7 Å². The molecule has 0 aliphatic rings. The maximum absolute atomic E-state index is 11.9. The van der Waals surface area contributed by atoms with E-state index in [0.717, 1.165) is 18.5 Å². The van der Waals surface area contributed by atoms with Gasteiger partial charge in [-0.2, -0.15) is 0 Å². The van der Waals surface area contributed by atoms with Crippen molar-refractivity contribution in [1.29, 1.82) is 0 Å². The maximum atomic E-state index is 11.9. The molecule has 18 heavy (non-hydrogen) atoms. The Kier molecular flexibility index (Phi) is 5.07. The van der Waals surface area contributed by atoms with Gasteiger partial charge in [0, 0.05) is 11.8 Å². The molecular formula is C13H21N3O2. The molecule has 0 aliphatic carbocycles. The average molecular weight is 251 g/mol. The van der Waals surface area contributed by atoms with Gasteiger partial charge in [-0.25, -0.2) is 14.8 Å². The van der Waals surface area contributed by atoms with E-state index in [1.807, 2.05) is 26.8 Å². The molecule has 1 heterocycles. The molecule has 0 amide bonds. The third-order valence-electron chi connectivity index (χ3n) is 2.88. The first-order valence-electron chi connectivity index (χ1n) is 6.23. The normalized spacial score (nSPS) is 13.8. The lowest BCUT2D eigenvalue weighted by Crippen LogP contribution is -2.44. The zero-order valence-electron chi connectivity index (χ0n) is 11.5. The van der Waals surface area contributed by atoms with Crippen LogP contribution in [-0.2, 0) is 16.0 Å². The molecule has 1 rings (SSSR count). The standard InChI is InChI=1S/C13H21N3O2/c1-5-7-13(3,12(17)18-4)16-11-8-10(6-2)14-9-15-11/h8-9H,5-7H2,1-4H3,(H,14,15,16). The third kappa shape index (κ3) is 3.42. The van der Waals surface area contributed by atoms with Crippen LogP contribution in [0.2, 0.25) is 0 Å². The van der Waals surface area contributed by atoms with Gasteiger partial charge >= 0.3 is 5.97 Å². The summed E-state index contributed by atoms with van der Waals surface area (Å²) in [5.41, 5.74) is 0.194. The molecular weight excluding hydrogens is 230 g/mol. The molecule has 0 aliphatic heterocycles. The lowest BCUT2D eigenvalue weighted by atomic mass is 9.96. The quantitative estimate of drug-likeness (QED) is 0.785. The van der Waals surface area contributed by atoms with E-state index >= 15 is 0 Å². The lowest BCUT2D eigenvalue weighted by Gasteiger charge is -2.28. The van der Waals surface area contributed by atoms with E-state index < -0.39 is 5.54 Å². The van der Waals surface area contributed by atoms with Crippen molar-refractivity contribution in [3.63, 3.8) is 0 Å². The Labute approximate surface area is 108 Å². The number of anilines is 1. The number of hydrogen-bond donors (Lipinski definition) is 1. The Balaban J connectivity index is 2.92. The van der Waals surface area contributed by atoms with Crippen LogP contribution in [0.25, 0.3) is 0 Å². The van der Waals surface area contributed by atoms with Gasteiger partial charge in [-0.05, 0) is 19.8 Å². The summed E-state index contributed by atoms with van der Waals surface area (Å²) >= 11 is 0. The first kappa shape index (κ1) is 14.4. The molecule has 0 aromatic carbocycles. The fraction of sp³-hybridized carbons (Fsp3) is 0.615. The van der Waals surface area contributed by atoms with Gasteiger partial charge < -0.3 is 10.1 Å². The van der Waals surface area contributed by atoms with Gasteiger partial charge in [0.2, 0.25) is 0 Å². The van der Waals surface area contributed by atoms with Crippen LogP contribution in [0, 0.1) is 0 Å². The minimum absolute atomic E-state index is 0.277. The van der Waals surface area contributed by atoms with E-state index in [1.165, 1.54) is 13.4 Å².